The summed E-state index contributed by atoms with van der Waals surface area (Å²) in [4.78, 5) is 3.73. The van der Waals surface area contributed by atoms with Crippen molar-refractivity contribution >= 4 is 11.3 Å². The zero-order chi connectivity index (χ0) is 10.5. The third-order valence-electron chi connectivity index (χ3n) is 2.75. The third kappa shape index (κ3) is 2.57. The molecule has 0 aliphatic carbocycles. The predicted octanol–water partition coefficient (Wildman–Crippen LogP) is 1.61. The average molecular weight is 221 g/mol. The van der Waals surface area contributed by atoms with Crippen molar-refractivity contribution in [3.05, 3.63) is 22.4 Å². The Balaban J connectivity index is 2.08. The molecule has 2 rings (SSSR count). The standard InChI is InChI=1S/C11H15N3S/c12-4-3-10(11-2-1-9-15-11)14-7-5-13-6-8-14/h1-2,9-10,13H,3,5-8H2/t10-/m0/s1. The van der Waals surface area contributed by atoms with Crippen LogP contribution >= 0.6 is 11.3 Å². The first kappa shape index (κ1) is 10.6. The zero-order valence-corrected chi connectivity index (χ0v) is 9.46. The molecule has 1 aromatic rings. The van der Waals surface area contributed by atoms with Crippen molar-refractivity contribution in [1.82, 2.24) is 10.2 Å². The van der Waals surface area contributed by atoms with E-state index in [4.69, 9.17) is 5.26 Å². The van der Waals surface area contributed by atoms with Crippen LogP contribution < -0.4 is 5.32 Å². The van der Waals surface area contributed by atoms with Gasteiger partial charge in [-0.25, -0.2) is 0 Å². The fraction of sp³-hybridized carbons (Fsp3) is 0.545. The maximum Gasteiger partial charge on any atom is 0.0642 e. The highest BCUT2D eigenvalue weighted by molar-refractivity contribution is 7.10. The van der Waals surface area contributed by atoms with Crippen LogP contribution in [0.1, 0.15) is 17.3 Å². The average Bonchev–Trinajstić information content (AvgIpc) is 2.80. The van der Waals surface area contributed by atoms with E-state index in [2.05, 4.69) is 33.8 Å². The molecular formula is C11H15N3S. The number of hydrogen-bond donors (Lipinski definition) is 1. The maximum absolute atomic E-state index is 8.88. The highest BCUT2D eigenvalue weighted by Crippen LogP contribution is 2.27. The summed E-state index contributed by atoms with van der Waals surface area (Å²) in [6.07, 6.45) is 0.598. The molecule has 1 atom stereocenters. The molecule has 0 spiro atoms. The molecule has 2 heterocycles. The van der Waals surface area contributed by atoms with Gasteiger partial charge < -0.3 is 5.32 Å². The normalized spacial score (nSPS) is 19.7. The minimum absolute atomic E-state index is 0.303. The van der Waals surface area contributed by atoms with Gasteiger partial charge in [0.15, 0.2) is 0 Å². The van der Waals surface area contributed by atoms with E-state index < -0.39 is 0 Å². The molecule has 4 heteroatoms. The number of piperazine rings is 1. The molecule has 0 saturated carbocycles. The minimum atomic E-state index is 0.303. The van der Waals surface area contributed by atoms with Gasteiger partial charge in [-0.1, -0.05) is 6.07 Å². The zero-order valence-electron chi connectivity index (χ0n) is 8.65. The molecular weight excluding hydrogens is 206 g/mol. The van der Waals surface area contributed by atoms with E-state index in [0.29, 0.717) is 12.5 Å². The molecule has 80 valence electrons. The fourth-order valence-corrected chi connectivity index (χ4v) is 2.83. The largest absolute Gasteiger partial charge is 0.314 e. The van der Waals surface area contributed by atoms with Gasteiger partial charge in [0.2, 0.25) is 0 Å². The summed E-state index contributed by atoms with van der Waals surface area (Å²) < 4.78 is 0. The Morgan fingerprint density at radius 2 is 2.33 bits per heavy atom. The fourth-order valence-electron chi connectivity index (χ4n) is 1.97. The second-order valence-corrected chi connectivity index (χ2v) is 4.66. The van der Waals surface area contributed by atoms with E-state index in [-0.39, 0.29) is 0 Å². The van der Waals surface area contributed by atoms with Crippen LogP contribution in [0.2, 0.25) is 0 Å². The molecule has 3 nitrogen and oxygen atoms in total. The first-order chi connectivity index (χ1) is 7.42. The summed E-state index contributed by atoms with van der Waals surface area (Å²) in [6, 6.07) is 6.80. The van der Waals surface area contributed by atoms with Crippen LogP contribution in [0.5, 0.6) is 0 Å². The molecule has 0 bridgehead atoms. The van der Waals surface area contributed by atoms with Gasteiger partial charge in [0, 0.05) is 31.1 Å². The Morgan fingerprint density at radius 1 is 1.53 bits per heavy atom. The third-order valence-corrected chi connectivity index (χ3v) is 3.72. The Hall–Kier alpha value is -0.890. The van der Waals surface area contributed by atoms with Gasteiger partial charge in [-0.2, -0.15) is 5.26 Å². The molecule has 1 N–H and O–H groups in total. The van der Waals surface area contributed by atoms with Gasteiger partial charge in [0.25, 0.3) is 0 Å². The second-order valence-electron chi connectivity index (χ2n) is 3.68. The monoisotopic (exact) mass is 221 g/mol. The molecule has 0 aromatic carbocycles. The Kier molecular flexibility index (Phi) is 3.73. The van der Waals surface area contributed by atoms with Crippen LogP contribution in [0.15, 0.2) is 17.5 Å². The van der Waals surface area contributed by atoms with E-state index in [0.717, 1.165) is 26.2 Å². The van der Waals surface area contributed by atoms with Gasteiger partial charge in [-0.3, -0.25) is 4.90 Å². The number of thiophene rings is 1. The van der Waals surface area contributed by atoms with Gasteiger partial charge in [0.1, 0.15) is 0 Å². The number of nitriles is 1. The van der Waals surface area contributed by atoms with Crippen LogP contribution in [-0.4, -0.2) is 31.1 Å². The second kappa shape index (κ2) is 5.26. The molecule has 0 amide bonds. The molecule has 0 unspecified atom stereocenters. The predicted molar refractivity (Wildman–Crippen MR) is 61.7 cm³/mol. The van der Waals surface area contributed by atoms with Crippen LogP contribution in [-0.2, 0) is 0 Å². The SMILES string of the molecule is N#CC[C@@H](c1cccs1)N1CCNCC1. The van der Waals surface area contributed by atoms with Gasteiger partial charge in [-0.05, 0) is 11.4 Å². The summed E-state index contributed by atoms with van der Waals surface area (Å²) in [5.74, 6) is 0. The lowest BCUT2D eigenvalue weighted by atomic mass is 10.1. The summed E-state index contributed by atoms with van der Waals surface area (Å²) in [7, 11) is 0. The van der Waals surface area contributed by atoms with Crippen LogP contribution in [0, 0.1) is 11.3 Å². The first-order valence-corrected chi connectivity index (χ1v) is 6.15. The van der Waals surface area contributed by atoms with Crippen molar-refractivity contribution in [2.45, 2.75) is 12.5 Å². The highest BCUT2D eigenvalue weighted by Gasteiger charge is 2.22. The molecule has 15 heavy (non-hydrogen) atoms. The first-order valence-electron chi connectivity index (χ1n) is 5.27. The molecule has 1 fully saturated rings. The van der Waals surface area contributed by atoms with Crippen molar-refractivity contribution in [3.8, 4) is 6.07 Å². The van der Waals surface area contributed by atoms with E-state index >= 15 is 0 Å². The van der Waals surface area contributed by atoms with Gasteiger partial charge >= 0.3 is 0 Å². The van der Waals surface area contributed by atoms with Crippen molar-refractivity contribution in [3.63, 3.8) is 0 Å². The topological polar surface area (TPSA) is 39.1 Å². The molecule has 1 saturated heterocycles. The number of nitrogens with zero attached hydrogens (tertiary/aromatic N) is 2. The number of hydrogen-bond acceptors (Lipinski definition) is 4. The lowest BCUT2D eigenvalue weighted by molar-refractivity contribution is 0.178. The number of nitrogens with one attached hydrogen (secondary N) is 1. The molecule has 1 aliphatic rings. The lowest BCUT2D eigenvalue weighted by Gasteiger charge is -2.33. The summed E-state index contributed by atoms with van der Waals surface area (Å²) in [5, 5.41) is 14.3. The Morgan fingerprint density at radius 3 is 2.93 bits per heavy atom. The maximum atomic E-state index is 8.88. The Bertz CT molecular complexity index is 322. The van der Waals surface area contributed by atoms with Crippen LogP contribution in [0.25, 0.3) is 0 Å². The van der Waals surface area contributed by atoms with Crippen LogP contribution in [0.3, 0.4) is 0 Å². The van der Waals surface area contributed by atoms with E-state index in [1.165, 1.54) is 4.88 Å². The van der Waals surface area contributed by atoms with Gasteiger partial charge in [0.05, 0.1) is 18.5 Å². The molecule has 1 aromatic heterocycles. The van der Waals surface area contributed by atoms with E-state index in [1.54, 1.807) is 11.3 Å². The highest BCUT2D eigenvalue weighted by atomic mass is 32.1. The van der Waals surface area contributed by atoms with E-state index in [9.17, 15) is 0 Å². The summed E-state index contributed by atoms with van der Waals surface area (Å²) >= 11 is 1.75. The van der Waals surface area contributed by atoms with Crippen LogP contribution in [0.4, 0.5) is 0 Å². The minimum Gasteiger partial charge on any atom is -0.314 e. The smallest absolute Gasteiger partial charge is 0.0642 e. The van der Waals surface area contributed by atoms with Crippen molar-refractivity contribution in [2.75, 3.05) is 26.2 Å². The summed E-state index contributed by atoms with van der Waals surface area (Å²) in [6.45, 7) is 4.16. The van der Waals surface area contributed by atoms with Crippen molar-refractivity contribution in [1.29, 1.82) is 5.26 Å². The summed E-state index contributed by atoms with van der Waals surface area (Å²) in [5.41, 5.74) is 0. The Labute approximate surface area is 94.3 Å². The van der Waals surface area contributed by atoms with E-state index in [1.807, 2.05) is 0 Å². The van der Waals surface area contributed by atoms with Crippen molar-refractivity contribution < 1.29 is 0 Å². The van der Waals surface area contributed by atoms with Crippen molar-refractivity contribution in [2.24, 2.45) is 0 Å². The lowest BCUT2D eigenvalue weighted by Crippen LogP contribution is -2.44. The van der Waals surface area contributed by atoms with Gasteiger partial charge in [-0.15, -0.1) is 11.3 Å². The number of rotatable bonds is 3. The quantitative estimate of drug-likeness (QED) is 0.843. The molecule has 1 aliphatic heterocycles. The molecule has 0 radical (unpaired) electrons.